The van der Waals surface area contributed by atoms with Crippen molar-refractivity contribution >= 4 is 46.1 Å². The van der Waals surface area contributed by atoms with Crippen LogP contribution in [0.1, 0.15) is 39.4 Å². The van der Waals surface area contributed by atoms with Gasteiger partial charge >= 0.3 is 12.1 Å². The number of likely N-dealkylation sites (N-methyl/N-ethyl adjacent to an activating group) is 1. The standard InChI is InChI=1S/C27H31F3N4O3S.ClH/c1-17(19-6-4-5-7-20(19)27(28,29)30)37-23-15-24(38-25(23)26(35)36-3)32-22-14-18(8-9-21(22)31)16-34-12-10-33(2)11-13-34;/h4-9,14-15,17,32H,10-13,16,31H2,1-3H3;1H/t17-;/m1./s1. The van der Waals surface area contributed by atoms with Gasteiger partial charge < -0.3 is 25.4 Å². The fourth-order valence-electron chi connectivity index (χ4n) is 4.33. The summed E-state index contributed by atoms with van der Waals surface area (Å²) < 4.78 is 51.4. The molecule has 7 nitrogen and oxygen atoms in total. The van der Waals surface area contributed by atoms with E-state index in [0.717, 1.165) is 55.7 Å². The SMILES string of the molecule is COC(=O)c1sc(Nc2cc(CN3CCN(C)CC3)ccc2N)cc1O[C@H](C)c1ccccc1C(F)(F)F.Cl. The number of nitrogens with two attached hydrogens (primary N) is 1. The van der Waals surface area contributed by atoms with Crippen LogP contribution in [0, 0.1) is 0 Å². The number of piperazine rings is 1. The van der Waals surface area contributed by atoms with E-state index >= 15 is 0 Å². The summed E-state index contributed by atoms with van der Waals surface area (Å²) in [6, 6.07) is 12.6. The molecule has 0 aliphatic carbocycles. The number of carbonyl (C=O) groups excluding carboxylic acids is 1. The Kier molecular flexibility index (Phi) is 10.1. The van der Waals surface area contributed by atoms with Gasteiger partial charge in [0.1, 0.15) is 11.9 Å². The van der Waals surface area contributed by atoms with Gasteiger partial charge in [0, 0.05) is 44.4 Å². The molecule has 0 amide bonds. The third kappa shape index (κ3) is 7.57. The molecule has 2 aromatic carbocycles. The average molecular weight is 585 g/mol. The van der Waals surface area contributed by atoms with Crippen LogP contribution < -0.4 is 15.8 Å². The molecule has 212 valence electrons. The van der Waals surface area contributed by atoms with Crippen LogP contribution in [-0.2, 0) is 17.5 Å². The van der Waals surface area contributed by atoms with E-state index in [1.807, 2.05) is 18.2 Å². The molecular weight excluding hydrogens is 553 g/mol. The maximum absolute atomic E-state index is 13.5. The lowest BCUT2D eigenvalue weighted by atomic mass is 10.0. The normalized spacial score (nSPS) is 15.3. The number of benzene rings is 2. The van der Waals surface area contributed by atoms with E-state index in [0.29, 0.717) is 16.4 Å². The van der Waals surface area contributed by atoms with Crippen molar-refractivity contribution in [3.63, 3.8) is 0 Å². The molecule has 0 bridgehead atoms. The van der Waals surface area contributed by atoms with Crippen molar-refractivity contribution in [2.24, 2.45) is 0 Å². The van der Waals surface area contributed by atoms with Crippen molar-refractivity contribution in [1.29, 1.82) is 0 Å². The van der Waals surface area contributed by atoms with Crippen LogP contribution in [0.15, 0.2) is 48.5 Å². The number of hydrogen-bond acceptors (Lipinski definition) is 8. The molecule has 0 radical (unpaired) electrons. The number of methoxy groups -OCH3 is 1. The van der Waals surface area contributed by atoms with Crippen molar-refractivity contribution in [2.45, 2.75) is 25.7 Å². The zero-order valence-corrected chi connectivity index (χ0v) is 23.5. The van der Waals surface area contributed by atoms with E-state index in [2.05, 4.69) is 22.2 Å². The summed E-state index contributed by atoms with van der Waals surface area (Å²) in [6.07, 6.45) is -5.51. The third-order valence-corrected chi connectivity index (χ3v) is 7.47. The second kappa shape index (κ2) is 12.9. The topological polar surface area (TPSA) is 80.1 Å². The number of rotatable bonds is 8. The summed E-state index contributed by atoms with van der Waals surface area (Å²) in [4.78, 5) is 17.3. The Morgan fingerprint density at radius 1 is 1.13 bits per heavy atom. The van der Waals surface area contributed by atoms with Gasteiger partial charge in [-0.25, -0.2) is 4.79 Å². The highest BCUT2D eigenvalue weighted by atomic mass is 35.5. The second-order valence-electron chi connectivity index (χ2n) is 9.27. The number of anilines is 3. The highest BCUT2D eigenvalue weighted by molar-refractivity contribution is 7.18. The lowest BCUT2D eigenvalue weighted by molar-refractivity contribution is -0.139. The van der Waals surface area contributed by atoms with Crippen molar-refractivity contribution in [2.75, 3.05) is 51.4 Å². The monoisotopic (exact) mass is 584 g/mol. The average Bonchev–Trinajstić information content (AvgIpc) is 3.28. The minimum atomic E-state index is -4.53. The number of esters is 1. The van der Waals surface area contributed by atoms with Crippen LogP contribution in [0.25, 0.3) is 0 Å². The van der Waals surface area contributed by atoms with E-state index in [9.17, 15) is 18.0 Å². The Morgan fingerprint density at radius 2 is 1.82 bits per heavy atom. The van der Waals surface area contributed by atoms with Crippen LogP contribution in [-0.4, -0.2) is 56.1 Å². The molecule has 1 atom stereocenters. The Morgan fingerprint density at radius 3 is 2.49 bits per heavy atom. The van der Waals surface area contributed by atoms with Crippen LogP contribution >= 0.6 is 23.7 Å². The van der Waals surface area contributed by atoms with Crippen LogP contribution in [0.5, 0.6) is 5.75 Å². The van der Waals surface area contributed by atoms with E-state index < -0.39 is 23.8 Å². The van der Waals surface area contributed by atoms with Gasteiger partial charge in [0.25, 0.3) is 0 Å². The minimum Gasteiger partial charge on any atom is -0.484 e. The molecule has 0 saturated carbocycles. The molecule has 1 aromatic heterocycles. The van der Waals surface area contributed by atoms with Gasteiger partial charge in [-0.2, -0.15) is 13.2 Å². The third-order valence-electron chi connectivity index (χ3n) is 6.45. The summed E-state index contributed by atoms with van der Waals surface area (Å²) in [6.45, 7) is 6.28. The van der Waals surface area contributed by atoms with Gasteiger partial charge in [-0.1, -0.05) is 24.3 Å². The molecule has 1 aliphatic rings. The summed E-state index contributed by atoms with van der Waals surface area (Å²) >= 11 is 1.08. The number of nitrogen functional groups attached to an aromatic ring is 1. The zero-order valence-electron chi connectivity index (χ0n) is 21.9. The summed E-state index contributed by atoms with van der Waals surface area (Å²) in [7, 11) is 3.35. The highest BCUT2D eigenvalue weighted by Crippen LogP contribution is 2.41. The number of nitrogens with zero attached hydrogens (tertiary/aromatic N) is 2. The first kappa shape index (κ1) is 30.6. The first-order valence-corrected chi connectivity index (χ1v) is 13.0. The lowest BCUT2D eigenvalue weighted by Gasteiger charge is -2.32. The van der Waals surface area contributed by atoms with Gasteiger partial charge in [0.2, 0.25) is 0 Å². The van der Waals surface area contributed by atoms with E-state index in [-0.39, 0.29) is 28.6 Å². The molecule has 2 heterocycles. The number of halogens is 4. The highest BCUT2D eigenvalue weighted by Gasteiger charge is 2.35. The molecular formula is C27H32ClF3N4O3S. The fraction of sp³-hybridized carbons (Fsp3) is 0.370. The summed E-state index contributed by atoms with van der Waals surface area (Å²) in [5.74, 6) is -0.521. The lowest BCUT2D eigenvalue weighted by Crippen LogP contribution is -2.43. The van der Waals surface area contributed by atoms with Crippen molar-refractivity contribution < 1.29 is 27.4 Å². The molecule has 0 unspecified atom stereocenters. The summed E-state index contributed by atoms with van der Waals surface area (Å²) in [5.41, 5.74) is 7.68. The molecule has 39 heavy (non-hydrogen) atoms. The van der Waals surface area contributed by atoms with Gasteiger partial charge in [0.15, 0.2) is 4.88 Å². The van der Waals surface area contributed by atoms with Gasteiger partial charge in [0.05, 0.1) is 29.0 Å². The first-order valence-electron chi connectivity index (χ1n) is 12.2. The number of thiophene rings is 1. The summed E-state index contributed by atoms with van der Waals surface area (Å²) in [5, 5.41) is 3.79. The Hall–Kier alpha value is -2.99. The van der Waals surface area contributed by atoms with Crippen LogP contribution in [0.2, 0.25) is 0 Å². The molecule has 4 rings (SSSR count). The number of alkyl halides is 3. The van der Waals surface area contributed by atoms with Crippen molar-refractivity contribution in [3.8, 4) is 5.75 Å². The molecule has 12 heteroatoms. The molecule has 1 aliphatic heterocycles. The maximum atomic E-state index is 13.5. The van der Waals surface area contributed by atoms with Gasteiger partial charge in [-0.15, -0.1) is 23.7 Å². The number of hydrogen-bond donors (Lipinski definition) is 2. The van der Waals surface area contributed by atoms with Crippen molar-refractivity contribution in [1.82, 2.24) is 9.80 Å². The molecule has 1 saturated heterocycles. The second-order valence-corrected chi connectivity index (χ2v) is 10.3. The Labute approximate surface area is 236 Å². The molecule has 1 fully saturated rings. The molecule has 3 aromatic rings. The first-order chi connectivity index (χ1) is 18.0. The van der Waals surface area contributed by atoms with Crippen LogP contribution in [0.3, 0.4) is 0 Å². The predicted octanol–water partition coefficient (Wildman–Crippen LogP) is 6.19. The quantitative estimate of drug-likeness (QED) is 0.241. The largest absolute Gasteiger partial charge is 0.484 e. The van der Waals surface area contributed by atoms with Crippen LogP contribution in [0.4, 0.5) is 29.5 Å². The van der Waals surface area contributed by atoms with Gasteiger partial charge in [-0.05, 0) is 37.7 Å². The fourth-order valence-corrected chi connectivity index (χ4v) is 5.25. The predicted molar refractivity (Wildman–Crippen MR) is 150 cm³/mol. The Bertz CT molecular complexity index is 1280. The smallest absolute Gasteiger partial charge is 0.416 e. The molecule has 3 N–H and O–H groups in total. The minimum absolute atomic E-state index is 0. The maximum Gasteiger partial charge on any atom is 0.416 e. The number of nitrogens with one attached hydrogen (secondary N) is 1. The van der Waals surface area contributed by atoms with E-state index in [4.69, 9.17) is 15.2 Å². The Balaban J connectivity index is 0.00000420. The van der Waals surface area contributed by atoms with Crippen molar-refractivity contribution in [3.05, 3.63) is 70.1 Å². The zero-order chi connectivity index (χ0) is 27.4. The van der Waals surface area contributed by atoms with E-state index in [1.165, 1.54) is 32.2 Å². The van der Waals surface area contributed by atoms with E-state index in [1.54, 1.807) is 6.07 Å². The van der Waals surface area contributed by atoms with Gasteiger partial charge in [-0.3, -0.25) is 4.90 Å². The number of carbonyl (C=O) groups is 1. The molecule has 0 spiro atoms. The number of ether oxygens (including phenoxy) is 2.